The molecule has 0 bridgehead atoms. The summed E-state index contributed by atoms with van der Waals surface area (Å²) in [5.41, 5.74) is 6.76. The van der Waals surface area contributed by atoms with Gasteiger partial charge in [-0.15, -0.1) is 0 Å². The minimum atomic E-state index is -0.487. The molecule has 0 saturated heterocycles. The second kappa shape index (κ2) is 4.33. The van der Waals surface area contributed by atoms with Crippen molar-refractivity contribution in [2.24, 2.45) is 5.73 Å². The summed E-state index contributed by atoms with van der Waals surface area (Å²) in [5, 5.41) is 0. The van der Waals surface area contributed by atoms with E-state index < -0.39 is 6.04 Å². The lowest BCUT2D eigenvalue weighted by molar-refractivity contribution is 0.0959. The lowest BCUT2D eigenvalue weighted by Gasteiger charge is -2.09. The number of aryl methyl sites for hydroxylation is 1. The summed E-state index contributed by atoms with van der Waals surface area (Å²) in [6.07, 6.45) is 0.593. The molecule has 3 heteroatoms. The fraction of sp³-hybridized carbons (Fsp3) is 0.364. The summed E-state index contributed by atoms with van der Waals surface area (Å²) in [5.74, 6) is -0.450. The molecule has 0 aliphatic rings. The molecule has 0 aliphatic heterocycles. The third-order valence-electron chi connectivity index (χ3n) is 2.23. The van der Waals surface area contributed by atoms with Crippen LogP contribution in [0.5, 0.6) is 0 Å². The van der Waals surface area contributed by atoms with Crippen molar-refractivity contribution in [3.8, 4) is 0 Å². The molecule has 1 atom stereocenters. The molecule has 0 amide bonds. The highest BCUT2D eigenvalue weighted by atomic mass is 19.1. The van der Waals surface area contributed by atoms with Crippen molar-refractivity contribution in [1.29, 1.82) is 0 Å². The summed E-state index contributed by atoms with van der Waals surface area (Å²) >= 11 is 0. The Morgan fingerprint density at radius 1 is 1.57 bits per heavy atom. The average molecular weight is 195 g/mol. The minimum Gasteiger partial charge on any atom is -0.321 e. The van der Waals surface area contributed by atoms with E-state index in [0.717, 1.165) is 0 Å². The summed E-state index contributed by atoms with van der Waals surface area (Å²) in [4.78, 5) is 11.7. The van der Waals surface area contributed by atoms with Gasteiger partial charge >= 0.3 is 0 Å². The van der Waals surface area contributed by atoms with Crippen LogP contribution in [0.15, 0.2) is 18.2 Å². The predicted molar refractivity (Wildman–Crippen MR) is 53.7 cm³/mol. The van der Waals surface area contributed by atoms with Crippen LogP contribution in [0.4, 0.5) is 4.39 Å². The van der Waals surface area contributed by atoms with Crippen LogP contribution in [0.2, 0.25) is 0 Å². The normalized spacial score (nSPS) is 12.6. The topological polar surface area (TPSA) is 43.1 Å². The molecular weight excluding hydrogens is 181 g/mol. The van der Waals surface area contributed by atoms with E-state index in [9.17, 15) is 9.18 Å². The van der Waals surface area contributed by atoms with E-state index in [2.05, 4.69) is 0 Å². The highest BCUT2D eigenvalue weighted by molar-refractivity contribution is 6.01. The number of hydrogen-bond donors (Lipinski definition) is 1. The van der Waals surface area contributed by atoms with Crippen molar-refractivity contribution in [3.63, 3.8) is 0 Å². The quantitative estimate of drug-likeness (QED) is 0.750. The minimum absolute atomic E-state index is 0.120. The van der Waals surface area contributed by atoms with Gasteiger partial charge in [0.25, 0.3) is 0 Å². The Hall–Kier alpha value is -1.22. The zero-order chi connectivity index (χ0) is 10.7. The van der Waals surface area contributed by atoms with Crippen LogP contribution in [-0.4, -0.2) is 11.8 Å². The Bertz CT molecular complexity index is 349. The Labute approximate surface area is 82.9 Å². The highest BCUT2D eigenvalue weighted by Crippen LogP contribution is 2.12. The summed E-state index contributed by atoms with van der Waals surface area (Å²) < 4.78 is 12.8. The summed E-state index contributed by atoms with van der Waals surface area (Å²) in [6.45, 7) is 3.56. The first kappa shape index (κ1) is 10.9. The summed E-state index contributed by atoms with van der Waals surface area (Å²) in [6, 6.07) is 3.62. The van der Waals surface area contributed by atoms with E-state index in [1.54, 1.807) is 6.92 Å². The van der Waals surface area contributed by atoms with Crippen LogP contribution in [-0.2, 0) is 0 Å². The average Bonchev–Trinajstić information content (AvgIpc) is 2.15. The Kier molecular flexibility index (Phi) is 3.36. The number of ketones is 1. The van der Waals surface area contributed by atoms with E-state index in [-0.39, 0.29) is 11.6 Å². The molecule has 1 aromatic rings. The number of carbonyl (C=O) groups excluding carboxylic acids is 1. The maximum Gasteiger partial charge on any atom is 0.179 e. The number of benzene rings is 1. The lowest BCUT2D eigenvalue weighted by atomic mass is 9.99. The van der Waals surface area contributed by atoms with E-state index >= 15 is 0 Å². The third kappa shape index (κ3) is 2.17. The largest absolute Gasteiger partial charge is 0.321 e. The molecule has 76 valence electrons. The van der Waals surface area contributed by atoms with Crippen molar-refractivity contribution >= 4 is 5.78 Å². The van der Waals surface area contributed by atoms with Crippen LogP contribution in [0.25, 0.3) is 0 Å². The van der Waals surface area contributed by atoms with Gasteiger partial charge in [-0.1, -0.05) is 6.92 Å². The first-order valence-corrected chi connectivity index (χ1v) is 4.62. The van der Waals surface area contributed by atoms with E-state index in [4.69, 9.17) is 5.73 Å². The number of rotatable bonds is 3. The fourth-order valence-corrected chi connectivity index (χ4v) is 1.29. The molecular formula is C11H14FNO. The van der Waals surface area contributed by atoms with Crippen molar-refractivity contribution in [2.45, 2.75) is 26.3 Å². The van der Waals surface area contributed by atoms with Gasteiger partial charge in [-0.2, -0.15) is 0 Å². The highest BCUT2D eigenvalue weighted by Gasteiger charge is 2.15. The Balaban J connectivity index is 3.02. The molecule has 1 unspecified atom stereocenters. The zero-order valence-corrected chi connectivity index (χ0v) is 8.38. The molecule has 0 aromatic heterocycles. The summed E-state index contributed by atoms with van der Waals surface area (Å²) in [7, 11) is 0. The van der Waals surface area contributed by atoms with Gasteiger partial charge in [0, 0.05) is 5.56 Å². The van der Waals surface area contributed by atoms with Gasteiger partial charge in [-0.3, -0.25) is 4.79 Å². The second-order valence-corrected chi connectivity index (χ2v) is 3.34. The predicted octanol–water partition coefficient (Wildman–Crippen LogP) is 2.05. The number of Topliss-reactive ketones (excluding diaryl/α,β-unsaturated/α-hetero) is 1. The van der Waals surface area contributed by atoms with E-state index in [1.807, 2.05) is 6.92 Å². The van der Waals surface area contributed by atoms with Gasteiger partial charge in [-0.05, 0) is 37.1 Å². The third-order valence-corrected chi connectivity index (χ3v) is 2.23. The number of carbonyl (C=O) groups is 1. The van der Waals surface area contributed by atoms with Crippen LogP contribution in [0.3, 0.4) is 0 Å². The molecule has 2 nitrogen and oxygen atoms in total. The molecule has 0 heterocycles. The number of nitrogens with two attached hydrogens (primary N) is 1. The molecule has 14 heavy (non-hydrogen) atoms. The molecule has 0 fully saturated rings. The standard InChI is InChI=1S/C11H14FNO/c1-3-10(13)11(14)9-5-4-8(12)6-7(9)2/h4-6,10H,3,13H2,1-2H3. The van der Waals surface area contributed by atoms with Crippen LogP contribution < -0.4 is 5.73 Å². The molecule has 0 spiro atoms. The number of hydrogen-bond acceptors (Lipinski definition) is 2. The van der Waals surface area contributed by atoms with Gasteiger partial charge in [0.2, 0.25) is 0 Å². The molecule has 0 saturated carbocycles. The molecule has 1 rings (SSSR count). The molecule has 2 N–H and O–H groups in total. The zero-order valence-electron chi connectivity index (χ0n) is 8.38. The second-order valence-electron chi connectivity index (χ2n) is 3.34. The van der Waals surface area contributed by atoms with Crippen molar-refractivity contribution in [3.05, 3.63) is 35.1 Å². The fourth-order valence-electron chi connectivity index (χ4n) is 1.29. The Morgan fingerprint density at radius 3 is 2.71 bits per heavy atom. The van der Waals surface area contributed by atoms with Gasteiger partial charge in [-0.25, -0.2) is 4.39 Å². The van der Waals surface area contributed by atoms with Crippen LogP contribution >= 0.6 is 0 Å². The van der Waals surface area contributed by atoms with Gasteiger partial charge in [0.15, 0.2) is 5.78 Å². The Morgan fingerprint density at radius 2 is 2.21 bits per heavy atom. The monoisotopic (exact) mass is 195 g/mol. The van der Waals surface area contributed by atoms with E-state index in [1.165, 1.54) is 18.2 Å². The molecule has 0 aliphatic carbocycles. The number of halogens is 1. The molecule has 0 radical (unpaired) electrons. The maximum atomic E-state index is 12.8. The van der Waals surface area contributed by atoms with Crippen molar-refractivity contribution in [2.75, 3.05) is 0 Å². The van der Waals surface area contributed by atoms with Crippen LogP contribution in [0.1, 0.15) is 29.3 Å². The first-order valence-electron chi connectivity index (χ1n) is 4.62. The lowest BCUT2D eigenvalue weighted by Crippen LogP contribution is -2.30. The smallest absolute Gasteiger partial charge is 0.179 e. The van der Waals surface area contributed by atoms with Crippen molar-refractivity contribution in [1.82, 2.24) is 0 Å². The maximum absolute atomic E-state index is 12.8. The van der Waals surface area contributed by atoms with E-state index in [0.29, 0.717) is 17.5 Å². The van der Waals surface area contributed by atoms with Crippen LogP contribution in [0, 0.1) is 12.7 Å². The van der Waals surface area contributed by atoms with Gasteiger partial charge < -0.3 is 5.73 Å². The van der Waals surface area contributed by atoms with Gasteiger partial charge in [0.1, 0.15) is 5.82 Å². The van der Waals surface area contributed by atoms with Crippen molar-refractivity contribution < 1.29 is 9.18 Å². The van der Waals surface area contributed by atoms with Gasteiger partial charge in [0.05, 0.1) is 6.04 Å². The SMILES string of the molecule is CCC(N)C(=O)c1ccc(F)cc1C. The first-order chi connectivity index (χ1) is 6.56. The molecule has 1 aromatic carbocycles.